The van der Waals surface area contributed by atoms with E-state index in [0.717, 1.165) is 60.8 Å². The summed E-state index contributed by atoms with van der Waals surface area (Å²) in [5.74, 6) is -2.62. The standard InChI is InChI=1S/C30H36N4O6S/c31-29(36)20-41(38,39)34-30(37)26-13-12-23(17-28(26)40-25-6-2-1-3-7-25)22-10-8-21(9-11-22)14-16-33-19-27(35)24-5-4-15-32-18-24/h4-5,8-13,15,17-18,25,27,33,35H,1-3,6-7,14,16,19-20H2,(H2,31,36)(H,34,37)/t27-/m0/s1. The van der Waals surface area contributed by atoms with Crippen LogP contribution in [0.4, 0.5) is 0 Å². The molecule has 11 heteroatoms. The van der Waals surface area contributed by atoms with Crippen LogP contribution in [0.1, 0.15) is 59.7 Å². The molecule has 1 aliphatic carbocycles. The molecule has 4 rings (SSSR count). The lowest BCUT2D eigenvalue weighted by atomic mass is 9.97. The number of benzene rings is 2. The molecule has 5 N–H and O–H groups in total. The van der Waals surface area contributed by atoms with E-state index in [1.807, 2.05) is 35.1 Å². The number of carbonyl (C=O) groups is 2. The summed E-state index contributed by atoms with van der Waals surface area (Å²) >= 11 is 0. The number of hydrogen-bond donors (Lipinski definition) is 4. The second kappa shape index (κ2) is 14.2. The highest BCUT2D eigenvalue weighted by atomic mass is 32.2. The minimum Gasteiger partial charge on any atom is -0.490 e. The van der Waals surface area contributed by atoms with Crippen LogP contribution in [0.5, 0.6) is 5.75 Å². The third-order valence-corrected chi connectivity index (χ3v) is 8.10. The summed E-state index contributed by atoms with van der Waals surface area (Å²) in [7, 11) is -4.23. The molecule has 0 bridgehead atoms. The number of rotatable bonds is 13. The summed E-state index contributed by atoms with van der Waals surface area (Å²) in [6, 6.07) is 16.7. The Bertz CT molecular complexity index is 1430. The van der Waals surface area contributed by atoms with Crippen molar-refractivity contribution in [3.8, 4) is 16.9 Å². The predicted molar refractivity (Wildman–Crippen MR) is 156 cm³/mol. The molecule has 1 saturated carbocycles. The number of primary amides is 1. The summed E-state index contributed by atoms with van der Waals surface area (Å²) in [5, 5.41) is 13.5. The number of ether oxygens (including phenoxy) is 1. The molecule has 3 aromatic rings. The fourth-order valence-corrected chi connectivity index (χ4v) is 5.63. The lowest BCUT2D eigenvalue weighted by Crippen LogP contribution is -2.37. The SMILES string of the molecule is NC(=O)CS(=O)(=O)NC(=O)c1ccc(-c2ccc(CCNC[C@H](O)c3cccnc3)cc2)cc1OC1CCCCC1. The van der Waals surface area contributed by atoms with Crippen LogP contribution >= 0.6 is 0 Å². The van der Waals surface area contributed by atoms with Gasteiger partial charge in [0.1, 0.15) is 11.5 Å². The van der Waals surface area contributed by atoms with Gasteiger partial charge < -0.3 is 20.9 Å². The van der Waals surface area contributed by atoms with E-state index in [2.05, 4.69) is 10.3 Å². The van der Waals surface area contributed by atoms with E-state index >= 15 is 0 Å². The van der Waals surface area contributed by atoms with Gasteiger partial charge >= 0.3 is 0 Å². The maximum atomic E-state index is 12.9. The third kappa shape index (κ3) is 9.10. The maximum Gasteiger partial charge on any atom is 0.268 e. The van der Waals surface area contributed by atoms with Crippen molar-refractivity contribution < 1.29 is 27.9 Å². The lowest BCUT2D eigenvalue weighted by molar-refractivity contribution is -0.115. The van der Waals surface area contributed by atoms with Gasteiger partial charge in [-0.25, -0.2) is 13.1 Å². The Morgan fingerprint density at radius 3 is 2.46 bits per heavy atom. The molecule has 1 fully saturated rings. The first-order valence-electron chi connectivity index (χ1n) is 13.7. The maximum absolute atomic E-state index is 12.9. The van der Waals surface area contributed by atoms with Gasteiger partial charge in [0, 0.05) is 24.5 Å². The van der Waals surface area contributed by atoms with Crippen LogP contribution < -0.4 is 20.5 Å². The Kier molecular flexibility index (Phi) is 10.4. The van der Waals surface area contributed by atoms with Crippen LogP contribution in [0.3, 0.4) is 0 Å². The molecule has 2 amide bonds. The zero-order valence-corrected chi connectivity index (χ0v) is 23.6. The van der Waals surface area contributed by atoms with E-state index in [4.69, 9.17) is 10.5 Å². The van der Waals surface area contributed by atoms with Crippen LogP contribution in [0, 0.1) is 0 Å². The molecule has 218 valence electrons. The van der Waals surface area contributed by atoms with Gasteiger partial charge in [0.05, 0.1) is 17.8 Å². The summed E-state index contributed by atoms with van der Waals surface area (Å²) in [6.45, 7) is 1.12. The number of aliphatic hydroxyl groups is 1. The highest BCUT2D eigenvalue weighted by Crippen LogP contribution is 2.31. The number of aliphatic hydroxyl groups excluding tert-OH is 1. The average Bonchev–Trinajstić information content (AvgIpc) is 2.95. The van der Waals surface area contributed by atoms with Crippen molar-refractivity contribution in [2.45, 2.75) is 50.7 Å². The van der Waals surface area contributed by atoms with Gasteiger partial charge in [-0.05, 0) is 73.5 Å². The quantitative estimate of drug-likeness (QED) is 0.225. The first-order valence-corrected chi connectivity index (χ1v) is 15.4. The molecule has 1 aromatic heterocycles. The number of nitrogens with one attached hydrogen (secondary N) is 2. The van der Waals surface area contributed by atoms with Gasteiger partial charge in [-0.1, -0.05) is 42.8 Å². The molecular formula is C30H36N4O6S. The Hall–Kier alpha value is -3.80. The Morgan fingerprint density at radius 2 is 1.78 bits per heavy atom. The molecule has 1 aliphatic rings. The van der Waals surface area contributed by atoms with E-state index < -0.39 is 33.7 Å². The molecule has 41 heavy (non-hydrogen) atoms. The van der Waals surface area contributed by atoms with Gasteiger partial charge in [0.25, 0.3) is 5.91 Å². The summed E-state index contributed by atoms with van der Waals surface area (Å²) in [4.78, 5) is 28.0. The number of carbonyl (C=O) groups excluding carboxylic acids is 2. The lowest BCUT2D eigenvalue weighted by Gasteiger charge is -2.24. The van der Waals surface area contributed by atoms with Gasteiger partial charge in [-0.15, -0.1) is 0 Å². The van der Waals surface area contributed by atoms with E-state index in [9.17, 15) is 23.1 Å². The highest BCUT2D eigenvalue weighted by Gasteiger charge is 2.24. The molecule has 0 spiro atoms. The second-order valence-electron chi connectivity index (χ2n) is 10.2. The smallest absolute Gasteiger partial charge is 0.268 e. The van der Waals surface area contributed by atoms with Crippen LogP contribution in [0.25, 0.3) is 11.1 Å². The van der Waals surface area contributed by atoms with Gasteiger partial charge in [-0.2, -0.15) is 0 Å². The number of pyridine rings is 1. The van der Waals surface area contributed by atoms with Crippen molar-refractivity contribution >= 4 is 21.8 Å². The topological polar surface area (TPSA) is 161 Å². The number of amides is 2. The Labute approximate surface area is 240 Å². The Morgan fingerprint density at radius 1 is 1.05 bits per heavy atom. The van der Waals surface area contributed by atoms with E-state index in [0.29, 0.717) is 18.8 Å². The van der Waals surface area contributed by atoms with E-state index in [1.54, 1.807) is 30.6 Å². The highest BCUT2D eigenvalue weighted by molar-refractivity contribution is 7.90. The van der Waals surface area contributed by atoms with E-state index in [1.165, 1.54) is 6.07 Å². The molecular weight excluding hydrogens is 544 g/mol. The fraction of sp³-hybridized carbons (Fsp3) is 0.367. The molecule has 10 nitrogen and oxygen atoms in total. The van der Waals surface area contributed by atoms with Gasteiger partial charge in [-0.3, -0.25) is 14.6 Å². The van der Waals surface area contributed by atoms with Crippen molar-refractivity contribution in [1.82, 2.24) is 15.0 Å². The van der Waals surface area contributed by atoms with Crippen molar-refractivity contribution in [3.05, 3.63) is 83.7 Å². The van der Waals surface area contributed by atoms with Crippen LogP contribution in [0.15, 0.2) is 67.0 Å². The summed E-state index contributed by atoms with van der Waals surface area (Å²) < 4.78 is 32.4. The van der Waals surface area contributed by atoms with Gasteiger partial charge in [0.15, 0.2) is 0 Å². The van der Waals surface area contributed by atoms with Gasteiger partial charge in [0.2, 0.25) is 15.9 Å². The normalized spacial score (nSPS) is 14.8. The molecule has 1 heterocycles. The van der Waals surface area contributed by atoms with Crippen LogP contribution in [-0.4, -0.2) is 55.3 Å². The minimum absolute atomic E-state index is 0.0701. The van der Waals surface area contributed by atoms with Crippen molar-refractivity contribution in [2.24, 2.45) is 5.73 Å². The minimum atomic E-state index is -4.23. The largest absolute Gasteiger partial charge is 0.490 e. The number of hydrogen-bond acceptors (Lipinski definition) is 8. The number of sulfonamides is 1. The zero-order chi connectivity index (χ0) is 29.2. The monoisotopic (exact) mass is 580 g/mol. The second-order valence-corrected chi connectivity index (χ2v) is 11.9. The number of nitrogens with zero attached hydrogens (tertiary/aromatic N) is 1. The average molecular weight is 581 g/mol. The fourth-order valence-electron chi connectivity index (χ4n) is 4.80. The van der Waals surface area contributed by atoms with Crippen molar-refractivity contribution in [1.29, 1.82) is 0 Å². The number of aromatic nitrogens is 1. The molecule has 0 saturated heterocycles. The van der Waals surface area contributed by atoms with Crippen LogP contribution in [0.2, 0.25) is 0 Å². The Balaban J connectivity index is 1.43. The summed E-state index contributed by atoms with van der Waals surface area (Å²) in [5.41, 5.74) is 8.69. The third-order valence-electron chi connectivity index (χ3n) is 6.94. The molecule has 0 unspecified atom stereocenters. The van der Waals surface area contributed by atoms with E-state index in [-0.39, 0.29) is 11.7 Å². The zero-order valence-electron chi connectivity index (χ0n) is 22.8. The van der Waals surface area contributed by atoms with Crippen molar-refractivity contribution in [3.63, 3.8) is 0 Å². The van der Waals surface area contributed by atoms with Crippen LogP contribution in [-0.2, 0) is 21.2 Å². The number of nitrogens with two attached hydrogens (primary N) is 1. The molecule has 0 radical (unpaired) electrons. The predicted octanol–water partition coefficient (Wildman–Crippen LogP) is 2.87. The summed E-state index contributed by atoms with van der Waals surface area (Å²) in [6.07, 6.45) is 8.30. The molecule has 0 aliphatic heterocycles. The molecule has 1 atom stereocenters. The molecule has 2 aromatic carbocycles. The first kappa shape index (κ1) is 30.2. The van der Waals surface area contributed by atoms with Crippen molar-refractivity contribution in [2.75, 3.05) is 18.8 Å². The first-order chi connectivity index (χ1) is 19.7.